The van der Waals surface area contributed by atoms with Crippen LogP contribution < -0.4 is 5.32 Å². The fourth-order valence-electron chi connectivity index (χ4n) is 2.09. The van der Waals surface area contributed by atoms with Gasteiger partial charge in [-0.15, -0.1) is 0 Å². The van der Waals surface area contributed by atoms with E-state index in [9.17, 15) is 0 Å². The quantitative estimate of drug-likeness (QED) is 0.784. The van der Waals surface area contributed by atoms with E-state index >= 15 is 0 Å². The first kappa shape index (κ1) is 14.3. The summed E-state index contributed by atoms with van der Waals surface area (Å²) in [5, 5.41) is 6.68. The molecule has 2 heterocycles. The topological polar surface area (TPSA) is 37.8 Å². The Bertz CT molecular complexity index is 776. The highest BCUT2D eigenvalue weighted by Gasteiger charge is 2.11. The summed E-state index contributed by atoms with van der Waals surface area (Å²) in [5.41, 5.74) is 2.12. The van der Waals surface area contributed by atoms with Crippen LogP contribution in [-0.2, 0) is 6.54 Å². The van der Waals surface area contributed by atoms with E-state index in [-0.39, 0.29) is 0 Å². The number of fused-ring (bicyclic) bond motifs is 1. The molecule has 0 radical (unpaired) electrons. The predicted molar refractivity (Wildman–Crippen MR) is 87.9 cm³/mol. The van der Waals surface area contributed by atoms with Gasteiger partial charge in [-0.05, 0) is 48.6 Å². The summed E-state index contributed by atoms with van der Waals surface area (Å²) in [6.45, 7) is 0.755. The maximum atomic E-state index is 6.20. The SMILES string of the molecule is CNCc1cc2ccccc2nc1Sc1ncccc1Cl. The molecule has 21 heavy (non-hydrogen) atoms. The molecule has 0 amide bonds. The maximum absolute atomic E-state index is 6.20. The zero-order chi connectivity index (χ0) is 14.7. The Hall–Kier alpha value is -1.62. The van der Waals surface area contributed by atoms with Crippen LogP contribution in [0.1, 0.15) is 5.56 Å². The summed E-state index contributed by atoms with van der Waals surface area (Å²) in [5.74, 6) is 0. The lowest BCUT2D eigenvalue weighted by Crippen LogP contribution is -2.07. The molecule has 0 fully saturated rings. The number of aromatic nitrogens is 2. The van der Waals surface area contributed by atoms with Crippen molar-refractivity contribution in [1.82, 2.24) is 15.3 Å². The second kappa shape index (κ2) is 6.43. The molecule has 0 unspecified atom stereocenters. The second-order valence-corrected chi connectivity index (χ2v) is 5.95. The molecule has 106 valence electrons. The third kappa shape index (κ3) is 3.18. The van der Waals surface area contributed by atoms with Gasteiger partial charge in [-0.3, -0.25) is 0 Å². The molecule has 3 aromatic rings. The highest BCUT2D eigenvalue weighted by Crippen LogP contribution is 2.33. The Morgan fingerprint density at radius 1 is 1.14 bits per heavy atom. The summed E-state index contributed by atoms with van der Waals surface area (Å²) in [6, 6.07) is 13.9. The van der Waals surface area contributed by atoms with Gasteiger partial charge >= 0.3 is 0 Å². The van der Waals surface area contributed by atoms with Gasteiger partial charge in [0.25, 0.3) is 0 Å². The highest BCUT2D eigenvalue weighted by atomic mass is 35.5. The van der Waals surface area contributed by atoms with Crippen molar-refractivity contribution in [2.75, 3.05) is 7.05 Å². The van der Waals surface area contributed by atoms with E-state index in [1.807, 2.05) is 37.4 Å². The first-order chi connectivity index (χ1) is 10.3. The van der Waals surface area contributed by atoms with Gasteiger partial charge in [0, 0.05) is 18.1 Å². The van der Waals surface area contributed by atoms with E-state index in [0.717, 1.165) is 33.1 Å². The number of hydrogen-bond acceptors (Lipinski definition) is 4. The van der Waals surface area contributed by atoms with Crippen molar-refractivity contribution < 1.29 is 0 Å². The molecular formula is C16H14ClN3S. The van der Waals surface area contributed by atoms with Gasteiger partial charge in [-0.2, -0.15) is 0 Å². The third-order valence-corrected chi connectivity index (χ3v) is 4.53. The molecule has 0 aliphatic rings. The molecule has 0 saturated heterocycles. The van der Waals surface area contributed by atoms with Gasteiger partial charge in [-0.1, -0.05) is 29.8 Å². The molecular weight excluding hydrogens is 302 g/mol. The standard InChI is InChI=1S/C16H14ClN3S/c1-18-10-12-9-11-5-2-3-7-14(11)20-15(12)21-16-13(17)6-4-8-19-16/h2-9,18H,10H2,1H3. The molecule has 0 bridgehead atoms. The minimum absolute atomic E-state index is 0.646. The van der Waals surface area contributed by atoms with Crippen LogP contribution in [0.3, 0.4) is 0 Å². The van der Waals surface area contributed by atoms with Crippen LogP contribution in [0.15, 0.2) is 58.7 Å². The summed E-state index contributed by atoms with van der Waals surface area (Å²) in [4.78, 5) is 9.08. The van der Waals surface area contributed by atoms with Crippen molar-refractivity contribution in [1.29, 1.82) is 0 Å². The highest BCUT2D eigenvalue weighted by molar-refractivity contribution is 7.99. The molecule has 1 aromatic carbocycles. The predicted octanol–water partition coefficient (Wildman–Crippen LogP) is 4.15. The molecule has 0 atom stereocenters. The fourth-order valence-corrected chi connectivity index (χ4v) is 3.19. The molecule has 0 spiro atoms. The number of pyridine rings is 2. The average molecular weight is 316 g/mol. The number of nitrogens with one attached hydrogen (secondary N) is 1. The molecule has 0 aliphatic heterocycles. The van der Waals surface area contributed by atoms with Crippen LogP contribution in [0.5, 0.6) is 0 Å². The summed E-state index contributed by atoms with van der Waals surface area (Å²) in [7, 11) is 1.93. The molecule has 3 rings (SSSR count). The Kier molecular flexibility index (Phi) is 4.39. The van der Waals surface area contributed by atoms with Gasteiger partial charge in [0.05, 0.1) is 10.5 Å². The molecule has 3 nitrogen and oxygen atoms in total. The third-order valence-electron chi connectivity index (χ3n) is 3.05. The summed E-state index contributed by atoms with van der Waals surface area (Å²) in [6.07, 6.45) is 1.74. The van der Waals surface area contributed by atoms with Crippen LogP contribution in [-0.4, -0.2) is 17.0 Å². The Morgan fingerprint density at radius 2 is 2.00 bits per heavy atom. The van der Waals surface area contributed by atoms with Crippen LogP contribution in [0.25, 0.3) is 10.9 Å². The number of benzene rings is 1. The van der Waals surface area contributed by atoms with Crippen molar-refractivity contribution in [3.8, 4) is 0 Å². The first-order valence-electron chi connectivity index (χ1n) is 6.59. The van der Waals surface area contributed by atoms with Gasteiger partial charge < -0.3 is 5.32 Å². The number of nitrogens with zero attached hydrogens (tertiary/aromatic N) is 2. The van der Waals surface area contributed by atoms with E-state index in [2.05, 4.69) is 22.4 Å². The lowest BCUT2D eigenvalue weighted by molar-refractivity contribution is 0.793. The number of hydrogen-bond donors (Lipinski definition) is 1. The number of para-hydroxylation sites is 1. The fraction of sp³-hybridized carbons (Fsp3) is 0.125. The van der Waals surface area contributed by atoms with E-state index in [1.165, 1.54) is 11.8 Å². The minimum atomic E-state index is 0.646. The number of rotatable bonds is 4. The van der Waals surface area contributed by atoms with E-state index < -0.39 is 0 Å². The molecule has 0 aliphatic carbocycles. The minimum Gasteiger partial charge on any atom is -0.316 e. The van der Waals surface area contributed by atoms with Gasteiger partial charge in [0.2, 0.25) is 0 Å². The number of halogens is 1. The van der Waals surface area contributed by atoms with Crippen LogP contribution in [0.2, 0.25) is 5.02 Å². The first-order valence-corrected chi connectivity index (χ1v) is 7.79. The van der Waals surface area contributed by atoms with Gasteiger partial charge in [-0.25, -0.2) is 9.97 Å². The lowest BCUT2D eigenvalue weighted by atomic mass is 10.1. The molecule has 5 heteroatoms. The Labute approximate surface area is 132 Å². The molecule has 2 aromatic heterocycles. The second-order valence-electron chi connectivity index (χ2n) is 4.57. The zero-order valence-electron chi connectivity index (χ0n) is 11.5. The Balaban J connectivity index is 2.07. The van der Waals surface area contributed by atoms with Crippen LogP contribution >= 0.6 is 23.4 Å². The normalized spacial score (nSPS) is 11.0. The lowest BCUT2D eigenvalue weighted by Gasteiger charge is -2.10. The maximum Gasteiger partial charge on any atom is 0.121 e. The monoisotopic (exact) mass is 315 g/mol. The van der Waals surface area contributed by atoms with Crippen molar-refractivity contribution in [2.24, 2.45) is 0 Å². The van der Waals surface area contributed by atoms with E-state index in [0.29, 0.717) is 5.02 Å². The van der Waals surface area contributed by atoms with Crippen molar-refractivity contribution >= 4 is 34.3 Å². The van der Waals surface area contributed by atoms with E-state index in [1.54, 1.807) is 6.20 Å². The van der Waals surface area contributed by atoms with Gasteiger partial charge in [0.1, 0.15) is 10.1 Å². The van der Waals surface area contributed by atoms with Crippen LogP contribution in [0, 0.1) is 0 Å². The van der Waals surface area contributed by atoms with Crippen molar-refractivity contribution in [3.63, 3.8) is 0 Å². The zero-order valence-corrected chi connectivity index (χ0v) is 13.1. The van der Waals surface area contributed by atoms with Crippen LogP contribution in [0.4, 0.5) is 0 Å². The van der Waals surface area contributed by atoms with Crippen molar-refractivity contribution in [2.45, 2.75) is 16.6 Å². The van der Waals surface area contributed by atoms with Crippen molar-refractivity contribution in [3.05, 3.63) is 59.2 Å². The summed E-state index contributed by atoms with van der Waals surface area (Å²) >= 11 is 7.70. The molecule has 0 saturated carbocycles. The molecule has 1 N–H and O–H groups in total. The van der Waals surface area contributed by atoms with Gasteiger partial charge in [0.15, 0.2) is 0 Å². The van der Waals surface area contributed by atoms with E-state index in [4.69, 9.17) is 16.6 Å². The summed E-state index contributed by atoms with van der Waals surface area (Å²) < 4.78 is 0. The smallest absolute Gasteiger partial charge is 0.121 e. The average Bonchev–Trinajstić information content (AvgIpc) is 2.50. The Morgan fingerprint density at radius 3 is 2.81 bits per heavy atom. The largest absolute Gasteiger partial charge is 0.316 e.